The lowest BCUT2D eigenvalue weighted by molar-refractivity contribution is -0.141. The van der Waals surface area contributed by atoms with Gasteiger partial charge in [-0.15, -0.1) is 0 Å². The first kappa shape index (κ1) is 26.2. The van der Waals surface area contributed by atoms with E-state index in [1.54, 1.807) is 17.0 Å². The molecule has 1 unspecified atom stereocenters. The number of halogens is 1. The van der Waals surface area contributed by atoms with Gasteiger partial charge in [-0.1, -0.05) is 25.1 Å². The van der Waals surface area contributed by atoms with E-state index in [0.29, 0.717) is 44.1 Å². The third-order valence-electron chi connectivity index (χ3n) is 5.24. The number of hydrogen-bond acceptors (Lipinski definition) is 4. The first-order valence-corrected chi connectivity index (χ1v) is 11.6. The highest BCUT2D eigenvalue weighted by Gasteiger charge is 2.28. The van der Waals surface area contributed by atoms with E-state index < -0.39 is 6.04 Å². The van der Waals surface area contributed by atoms with Crippen molar-refractivity contribution in [3.05, 3.63) is 59.4 Å². The number of ether oxygens (including phenoxy) is 2. The van der Waals surface area contributed by atoms with Gasteiger partial charge < -0.3 is 19.7 Å². The van der Waals surface area contributed by atoms with Crippen LogP contribution in [0.4, 0.5) is 4.39 Å². The molecule has 0 aliphatic rings. The molecule has 2 amide bonds. The largest absolute Gasteiger partial charge is 0.490 e. The number of benzene rings is 2. The second-order valence-electron chi connectivity index (χ2n) is 7.61. The SMILES string of the molecule is CCNC(=O)C(CC)N(Cc1ccc(F)cc1)C(=O)CCc1ccc(OCC)c(OCC)c1. The van der Waals surface area contributed by atoms with Crippen LogP contribution in [-0.2, 0) is 22.6 Å². The lowest BCUT2D eigenvalue weighted by Crippen LogP contribution is -2.49. The zero-order valence-electron chi connectivity index (χ0n) is 20.0. The number of likely N-dealkylation sites (N-methyl/N-ethyl adjacent to an activating group) is 1. The van der Waals surface area contributed by atoms with Gasteiger partial charge in [0.1, 0.15) is 11.9 Å². The van der Waals surface area contributed by atoms with Crippen molar-refractivity contribution in [2.24, 2.45) is 0 Å². The van der Waals surface area contributed by atoms with Crippen LogP contribution >= 0.6 is 0 Å². The predicted molar refractivity (Wildman–Crippen MR) is 127 cm³/mol. The Labute approximate surface area is 196 Å². The fraction of sp³-hybridized carbons (Fsp3) is 0.462. The molecule has 0 heterocycles. The molecule has 1 atom stereocenters. The van der Waals surface area contributed by atoms with E-state index in [4.69, 9.17) is 9.47 Å². The summed E-state index contributed by atoms with van der Waals surface area (Å²) in [4.78, 5) is 27.5. The molecule has 1 N–H and O–H groups in total. The standard InChI is InChI=1S/C26H35FN2O4/c1-5-22(26(31)28-6-2)29(18-20-9-13-21(27)14-10-20)25(30)16-12-19-11-15-23(32-7-3)24(17-19)33-8-4/h9-11,13-15,17,22H,5-8,12,16,18H2,1-4H3,(H,28,31). The highest BCUT2D eigenvalue weighted by molar-refractivity contribution is 5.87. The molecular weight excluding hydrogens is 423 g/mol. The molecule has 2 rings (SSSR count). The van der Waals surface area contributed by atoms with Crippen molar-refractivity contribution < 1.29 is 23.5 Å². The minimum Gasteiger partial charge on any atom is -0.490 e. The van der Waals surface area contributed by atoms with Crippen molar-refractivity contribution in [1.82, 2.24) is 10.2 Å². The zero-order valence-corrected chi connectivity index (χ0v) is 20.0. The van der Waals surface area contributed by atoms with Gasteiger partial charge in [0.25, 0.3) is 0 Å². The normalized spacial score (nSPS) is 11.5. The lowest BCUT2D eigenvalue weighted by Gasteiger charge is -2.30. The summed E-state index contributed by atoms with van der Waals surface area (Å²) in [6.45, 7) is 9.32. The van der Waals surface area contributed by atoms with Crippen molar-refractivity contribution in [3.63, 3.8) is 0 Å². The smallest absolute Gasteiger partial charge is 0.242 e. The van der Waals surface area contributed by atoms with Crippen LogP contribution in [0.2, 0.25) is 0 Å². The van der Waals surface area contributed by atoms with Gasteiger partial charge >= 0.3 is 0 Å². The monoisotopic (exact) mass is 458 g/mol. The van der Waals surface area contributed by atoms with Gasteiger partial charge in [0, 0.05) is 19.5 Å². The van der Waals surface area contributed by atoms with E-state index in [-0.39, 0.29) is 30.6 Å². The molecular formula is C26H35FN2O4. The molecule has 6 nitrogen and oxygen atoms in total. The predicted octanol–water partition coefficient (Wildman–Crippen LogP) is 4.50. The molecule has 7 heteroatoms. The van der Waals surface area contributed by atoms with Crippen molar-refractivity contribution >= 4 is 11.8 Å². The molecule has 2 aromatic carbocycles. The number of rotatable bonds is 13. The van der Waals surface area contributed by atoms with E-state index >= 15 is 0 Å². The highest BCUT2D eigenvalue weighted by atomic mass is 19.1. The first-order valence-electron chi connectivity index (χ1n) is 11.6. The van der Waals surface area contributed by atoms with Gasteiger partial charge in [-0.05, 0) is 69.0 Å². The Morgan fingerprint density at radius 1 is 0.939 bits per heavy atom. The molecule has 0 spiro atoms. The third-order valence-corrected chi connectivity index (χ3v) is 5.24. The number of nitrogens with one attached hydrogen (secondary N) is 1. The number of carbonyl (C=O) groups is 2. The Bertz CT molecular complexity index is 902. The summed E-state index contributed by atoms with van der Waals surface area (Å²) in [6.07, 6.45) is 1.21. The van der Waals surface area contributed by atoms with E-state index in [9.17, 15) is 14.0 Å². The molecule has 0 aliphatic heterocycles. The highest BCUT2D eigenvalue weighted by Crippen LogP contribution is 2.29. The van der Waals surface area contributed by atoms with Crippen molar-refractivity contribution in [2.75, 3.05) is 19.8 Å². The minimum atomic E-state index is -0.596. The second kappa shape index (κ2) is 13.5. The van der Waals surface area contributed by atoms with Crippen LogP contribution in [0, 0.1) is 5.82 Å². The molecule has 0 aromatic heterocycles. The minimum absolute atomic E-state index is 0.135. The Kier molecular flexibility index (Phi) is 10.7. The van der Waals surface area contributed by atoms with Gasteiger partial charge in [-0.25, -0.2) is 4.39 Å². The summed E-state index contributed by atoms with van der Waals surface area (Å²) in [5.74, 6) is 0.670. The van der Waals surface area contributed by atoms with E-state index in [2.05, 4.69) is 5.32 Å². The van der Waals surface area contributed by atoms with Gasteiger partial charge in [-0.2, -0.15) is 0 Å². The maximum atomic E-state index is 13.3. The quantitative estimate of drug-likeness (QED) is 0.480. The topological polar surface area (TPSA) is 67.9 Å². The number of nitrogens with zero attached hydrogens (tertiary/aromatic N) is 1. The van der Waals surface area contributed by atoms with Crippen LogP contribution in [0.1, 0.15) is 51.7 Å². The first-order chi connectivity index (χ1) is 15.9. The molecule has 0 radical (unpaired) electrons. The van der Waals surface area contributed by atoms with Crippen LogP contribution < -0.4 is 14.8 Å². The number of aryl methyl sites for hydroxylation is 1. The molecule has 0 saturated carbocycles. The third kappa shape index (κ3) is 7.77. The van der Waals surface area contributed by atoms with Crippen molar-refractivity contribution in [2.45, 2.75) is 59.5 Å². The molecule has 0 saturated heterocycles. The fourth-order valence-corrected chi connectivity index (χ4v) is 3.64. The van der Waals surface area contributed by atoms with Crippen LogP contribution in [0.3, 0.4) is 0 Å². The van der Waals surface area contributed by atoms with Crippen LogP contribution in [0.15, 0.2) is 42.5 Å². The molecule has 0 fully saturated rings. The maximum Gasteiger partial charge on any atom is 0.242 e. The second-order valence-corrected chi connectivity index (χ2v) is 7.61. The lowest BCUT2D eigenvalue weighted by atomic mass is 10.1. The van der Waals surface area contributed by atoms with Gasteiger partial charge in [0.2, 0.25) is 11.8 Å². The molecule has 33 heavy (non-hydrogen) atoms. The molecule has 0 aliphatic carbocycles. The Morgan fingerprint density at radius 3 is 2.18 bits per heavy atom. The average molecular weight is 459 g/mol. The Balaban J connectivity index is 2.20. The summed E-state index contributed by atoms with van der Waals surface area (Å²) in [5, 5.41) is 2.82. The average Bonchev–Trinajstić information content (AvgIpc) is 2.80. The Morgan fingerprint density at radius 2 is 1.58 bits per heavy atom. The summed E-state index contributed by atoms with van der Waals surface area (Å²) in [6, 6.07) is 11.1. The summed E-state index contributed by atoms with van der Waals surface area (Å²) >= 11 is 0. The van der Waals surface area contributed by atoms with E-state index in [1.807, 2.05) is 45.9 Å². The molecule has 0 bridgehead atoms. The van der Waals surface area contributed by atoms with Crippen LogP contribution in [0.5, 0.6) is 11.5 Å². The number of hydrogen-bond donors (Lipinski definition) is 1. The van der Waals surface area contributed by atoms with Crippen molar-refractivity contribution in [3.8, 4) is 11.5 Å². The molecule has 2 aromatic rings. The Hall–Kier alpha value is -3.09. The summed E-state index contributed by atoms with van der Waals surface area (Å²) in [7, 11) is 0. The van der Waals surface area contributed by atoms with E-state index in [1.165, 1.54) is 12.1 Å². The molecule has 180 valence electrons. The number of carbonyl (C=O) groups excluding carboxylic acids is 2. The van der Waals surface area contributed by atoms with Gasteiger partial charge in [0.05, 0.1) is 13.2 Å². The van der Waals surface area contributed by atoms with Gasteiger partial charge in [0.15, 0.2) is 11.5 Å². The summed E-state index contributed by atoms with van der Waals surface area (Å²) in [5.41, 5.74) is 1.72. The summed E-state index contributed by atoms with van der Waals surface area (Å²) < 4.78 is 24.6. The fourth-order valence-electron chi connectivity index (χ4n) is 3.64. The zero-order chi connectivity index (χ0) is 24.2. The van der Waals surface area contributed by atoms with Crippen molar-refractivity contribution in [1.29, 1.82) is 0 Å². The maximum absolute atomic E-state index is 13.3. The van der Waals surface area contributed by atoms with Crippen LogP contribution in [-0.4, -0.2) is 42.5 Å². The number of amides is 2. The van der Waals surface area contributed by atoms with Gasteiger partial charge in [-0.3, -0.25) is 9.59 Å². The van der Waals surface area contributed by atoms with E-state index in [0.717, 1.165) is 11.1 Å². The van der Waals surface area contributed by atoms with Crippen LogP contribution in [0.25, 0.3) is 0 Å².